The van der Waals surface area contributed by atoms with Crippen molar-refractivity contribution in [2.45, 2.75) is 12.5 Å². The highest BCUT2D eigenvalue weighted by atomic mass is 16.3. The molecule has 0 saturated carbocycles. The molecule has 1 aromatic carbocycles. The van der Waals surface area contributed by atoms with Crippen molar-refractivity contribution in [2.75, 3.05) is 6.61 Å². The van der Waals surface area contributed by atoms with E-state index in [1.165, 1.54) is 0 Å². The largest absolute Gasteiger partial charge is 0.508 e. The molecule has 0 aliphatic carbocycles. The highest BCUT2D eigenvalue weighted by Gasteiger charge is 2.01. The number of rotatable bonds is 3. The summed E-state index contributed by atoms with van der Waals surface area (Å²) in [5.74, 6) is 0.234. The Bertz CT molecular complexity index is 250. The third kappa shape index (κ3) is 2.53. The SMILES string of the molecule is N[C@H](CO)Cc1cccc(O)c1. The van der Waals surface area contributed by atoms with Crippen molar-refractivity contribution < 1.29 is 10.2 Å². The third-order valence-electron chi connectivity index (χ3n) is 1.64. The lowest BCUT2D eigenvalue weighted by atomic mass is 10.1. The van der Waals surface area contributed by atoms with E-state index in [4.69, 9.17) is 15.9 Å². The molecule has 12 heavy (non-hydrogen) atoms. The van der Waals surface area contributed by atoms with Gasteiger partial charge in [-0.05, 0) is 24.1 Å². The Morgan fingerprint density at radius 1 is 1.42 bits per heavy atom. The summed E-state index contributed by atoms with van der Waals surface area (Å²) in [6, 6.07) is 6.64. The Morgan fingerprint density at radius 3 is 2.75 bits per heavy atom. The number of aliphatic hydroxyl groups is 1. The van der Waals surface area contributed by atoms with Crippen molar-refractivity contribution in [2.24, 2.45) is 5.73 Å². The van der Waals surface area contributed by atoms with Crippen molar-refractivity contribution in [3.63, 3.8) is 0 Å². The summed E-state index contributed by atoms with van der Waals surface area (Å²) in [7, 11) is 0. The van der Waals surface area contributed by atoms with Gasteiger partial charge in [0.2, 0.25) is 0 Å². The predicted octanol–water partition coefficient (Wildman–Crippen LogP) is 0.254. The van der Waals surface area contributed by atoms with Crippen LogP contribution in [0.4, 0.5) is 0 Å². The molecule has 0 unspecified atom stereocenters. The summed E-state index contributed by atoms with van der Waals surface area (Å²) in [6.07, 6.45) is 0.588. The molecule has 0 bridgehead atoms. The number of benzene rings is 1. The van der Waals surface area contributed by atoms with Crippen LogP contribution in [0.2, 0.25) is 0 Å². The van der Waals surface area contributed by atoms with E-state index < -0.39 is 0 Å². The van der Waals surface area contributed by atoms with Gasteiger partial charge in [-0.1, -0.05) is 12.1 Å². The molecular weight excluding hydrogens is 154 g/mol. The molecule has 1 atom stereocenters. The van der Waals surface area contributed by atoms with Gasteiger partial charge in [0.15, 0.2) is 0 Å². The van der Waals surface area contributed by atoms with Crippen LogP contribution >= 0.6 is 0 Å². The van der Waals surface area contributed by atoms with Gasteiger partial charge in [0.1, 0.15) is 5.75 Å². The van der Waals surface area contributed by atoms with Crippen LogP contribution in [0, 0.1) is 0 Å². The molecule has 3 heteroatoms. The quantitative estimate of drug-likeness (QED) is 0.604. The van der Waals surface area contributed by atoms with Gasteiger partial charge in [-0.3, -0.25) is 0 Å². The van der Waals surface area contributed by atoms with E-state index in [0.29, 0.717) is 6.42 Å². The van der Waals surface area contributed by atoms with Gasteiger partial charge in [0.05, 0.1) is 6.61 Å². The number of nitrogens with two attached hydrogens (primary N) is 1. The summed E-state index contributed by atoms with van der Waals surface area (Å²) >= 11 is 0. The molecule has 0 heterocycles. The minimum Gasteiger partial charge on any atom is -0.508 e. The van der Waals surface area contributed by atoms with E-state index in [1.807, 2.05) is 6.07 Å². The summed E-state index contributed by atoms with van der Waals surface area (Å²) in [5.41, 5.74) is 6.46. The van der Waals surface area contributed by atoms with E-state index in [-0.39, 0.29) is 18.4 Å². The maximum absolute atomic E-state index is 9.10. The molecule has 1 aromatic rings. The zero-order valence-corrected chi connectivity index (χ0v) is 6.77. The fraction of sp³-hybridized carbons (Fsp3) is 0.333. The van der Waals surface area contributed by atoms with Crippen LogP contribution in [0.1, 0.15) is 5.56 Å². The van der Waals surface area contributed by atoms with E-state index in [9.17, 15) is 0 Å². The number of hydrogen-bond donors (Lipinski definition) is 3. The number of hydrogen-bond acceptors (Lipinski definition) is 3. The van der Waals surface area contributed by atoms with E-state index >= 15 is 0 Å². The van der Waals surface area contributed by atoms with E-state index in [0.717, 1.165) is 5.56 Å². The highest BCUT2D eigenvalue weighted by molar-refractivity contribution is 5.27. The van der Waals surface area contributed by atoms with E-state index in [1.54, 1.807) is 18.2 Å². The molecule has 4 N–H and O–H groups in total. The van der Waals surface area contributed by atoms with Crippen LogP contribution < -0.4 is 5.73 Å². The van der Waals surface area contributed by atoms with Crippen molar-refractivity contribution in [1.82, 2.24) is 0 Å². The Morgan fingerprint density at radius 2 is 2.17 bits per heavy atom. The van der Waals surface area contributed by atoms with Crippen LogP contribution in [0.5, 0.6) is 5.75 Å². The molecule has 0 fully saturated rings. The normalized spacial score (nSPS) is 12.8. The molecular formula is C9H13NO2. The average molecular weight is 167 g/mol. The first kappa shape index (κ1) is 9.03. The number of phenols is 1. The molecule has 0 radical (unpaired) electrons. The van der Waals surface area contributed by atoms with Crippen molar-refractivity contribution in [3.8, 4) is 5.75 Å². The van der Waals surface area contributed by atoms with Crippen molar-refractivity contribution in [3.05, 3.63) is 29.8 Å². The second kappa shape index (κ2) is 4.09. The van der Waals surface area contributed by atoms with Gasteiger partial charge in [0.25, 0.3) is 0 Å². The first-order valence-corrected chi connectivity index (χ1v) is 3.86. The van der Waals surface area contributed by atoms with Crippen LogP contribution in [0.15, 0.2) is 24.3 Å². The van der Waals surface area contributed by atoms with Gasteiger partial charge >= 0.3 is 0 Å². The van der Waals surface area contributed by atoms with E-state index in [2.05, 4.69) is 0 Å². The molecule has 0 aromatic heterocycles. The molecule has 66 valence electrons. The van der Waals surface area contributed by atoms with Gasteiger partial charge in [0, 0.05) is 6.04 Å². The second-order valence-electron chi connectivity index (χ2n) is 2.82. The lowest BCUT2D eigenvalue weighted by molar-refractivity contribution is 0.265. The Kier molecular flexibility index (Phi) is 3.08. The zero-order valence-electron chi connectivity index (χ0n) is 6.77. The van der Waals surface area contributed by atoms with Gasteiger partial charge in [-0.25, -0.2) is 0 Å². The Labute approximate surface area is 71.5 Å². The standard InChI is InChI=1S/C9H13NO2/c10-8(6-11)4-7-2-1-3-9(12)5-7/h1-3,5,8,11-12H,4,6,10H2/t8-/m0/s1. The van der Waals surface area contributed by atoms with Crippen LogP contribution in [-0.2, 0) is 6.42 Å². The maximum atomic E-state index is 9.10. The smallest absolute Gasteiger partial charge is 0.115 e. The van der Waals surface area contributed by atoms with Gasteiger partial charge < -0.3 is 15.9 Å². The fourth-order valence-corrected chi connectivity index (χ4v) is 1.05. The van der Waals surface area contributed by atoms with Crippen molar-refractivity contribution in [1.29, 1.82) is 0 Å². The number of phenolic OH excluding ortho intramolecular Hbond substituents is 1. The number of aliphatic hydroxyl groups excluding tert-OH is 1. The number of aromatic hydroxyl groups is 1. The molecule has 0 spiro atoms. The first-order chi connectivity index (χ1) is 5.72. The summed E-state index contributed by atoms with van der Waals surface area (Å²) in [6.45, 7) is -0.0321. The van der Waals surface area contributed by atoms with Crippen LogP contribution in [0.25, 0.3) is 0 Å². The Balaban J connectivity index is 2.63. The first-order valence-electron chi connectivity index (χ1n) is 3.86. The average Bonchev–Trinajstić information content (AvgIpc) is 2.04. The van der Waals surface area contributed by atoms with Crippen LogP contribution in [-0.4, -0.2) is 22.9 Å². The van der Waals surface area contributed by atoms with Crippen LogP contribution in [0.3, 0.4) is 0 Å². The summed E-state index contributed by atoms with van der Waals surface area (Å²) < 4.78 is 0. The third-order valence-corrected chi connectivity index (χ3v) is 1.64. The second-order valence-corrected chi connectivity index (χ2v) is 2.82. The van der Waals surface area contributed by atoms with Gasteiger partial charge in [-0.15, -0.1) is 0 Å². The maximum Gasteiger partial charge on any atom is 0.115 e. The molecule has 3 nitrogen and oxygen atoms in total. The zero-order chi connectivity index (χ0) is 8.97. The summed E-state index contributed by atoms with van der Waals surface area (Å²) in [4.78, 5) is 0. The lowest BCUT2D eigenvalue weighted by Gasteiger charge is -2.07. The molecule has 1 rings (SSSR count). The monoisotopic (exact) mass is 167 g/mol. The molecule has 0 amide bonds. The molecule has 0 aliphatic heterocycles. The minimum atomic E-state index is -0.244. The predicted molar refractivity (Wildman–Crippen MR) is 46.9 cm³/mol. The molecule has 0 aliphatic rings. The minimum absolute atomic E-state index is 0.0321. The highest BCUT2D eigenvalue weighted by Crippen LogP contribution is 2.11. The topological polar surface area (TPSA) is 66.5 Å². The Hall–Kier alpha value is -1.06. The van der Waals surface area contributed by atoms with Gasteiger partial charge in [-0.2, -0.15) is 0 Å². The lowest BCUT2D eigenvalue weighted by Crippen LogP contribution is -2.26. The van der Waals surface area contributed by atoms with Crippen molar-refractivity contribution >= 4 is 0 Å². The molecule has 0 saturated heterocycles. The summed E-state index contributed by atoms with van der Waals surface area (Å²) in [5, 5.41) is 17.8. The fourth-order valence-electron chi connectivity index (χ4n) is 1.05.